The standard InChI is InChI=1S/C57H77F4N5O19S/c1-3-15-66(84-4-2)57(70)44-37-43-12-11-42(38-45(43)64-47(62)39-44)40-7-9-41(10-8-40)56(69)65-16-5-6-46(65)55(68)63-14-18-75-20-22-77-24-26-79-28-30-81-32-34-83-36-35-82-33-31-80-29-27-78-25-23-76-21-19-74-17-13-48(67)85-53-49(58)51(60)54(86(71,72)73)52(61)50(53)59/h7-12,37-38,46H,3-6,13-36,39H2,1-2H3,(H2,62,64)(H,63,68)(H,71,72,73)/t46-/m1/s1. The topological polar surface area (TPSA) is 290 Å². The number of ether oxygens (including phenoxy) is 11. The van der Waals surface area contributed by atoms with Gasteiger partial charge in [-0.1, -0.05) is 31.2 Å². The Labute approximate surface area is 497 Å². The van der Waals surface area contributed by atoms with Crippen LogP contribution in [0.3, 0.4) is 0 Å². The maximum Gasteiger partial charge on any atom is 0.313 e. The van der Waals surface area contributed by atoms with Crippen LogP contribution in [0.25, 0.3) is 17.2 Å². The number of nitrogens with two attached hydrogens (primary N) is 1. The first kappa shape index (κ1) is 70.7. The van der Waals surface area contributed by atoms with Crippen LogP contribution in [0, 0.1) is 23.3 Å². The van der Waals surface area contributed by atoms with E-state index < -0.39 is 62.5 Å². The number of rotatable bonds is 43. The molecule has 3 aromatic rings. The van der Waals surface area contributed by atoms with Gasteiger partial charge in [-0.05, 0) is 61.6 Å². The van der Waals surface area contributed by atoms with Crippen molar-refractivity contribution in [3.8, 4) is 16.9 Å². The third-order valence-electron chi connectivity index (χ3n) is 12.5. The maximum absolute atomic E-state index is 14.0. The van der Waals surface area contributed by atoms with E-state index in [1.807, 2.05) is 44.2 Å². The number of amidine groups is 1. The van der Waals surface area contributed by atoms with E-state index in [0.29, 0.717) is 148 Å². The molecule has 2 heterocycles. The number of hydroxylamine groups is 2. The molecule has 0 bridgehead atoms. The Morgan fingerprint density at radius 1 is 0.674 bits per heavy atom. The smallest absolute Gasteiger partial charge is 0.313 e. The number of halogens is 4. The van der Waals surface area contributed by atoms with Crippen molar-refractivity contribution in [3.05, 3.63) is 82.4 Å². The van der Waals surface area contributed by atoms with Crippen molar-refractivity contribution in [3.63, 3.8) is 0 Å². The lowest BCUT2D eigenvalue weighted by molar-refractivity contribution is -0.180. The summed E-state index contributed by atoms with van der Waals surface area (Å²) in [7, 11) is -5.65. The molecular weight excluding hydrogens is 1170 g/mol. The lowest BCUT2D eigenvalue weighted by Crippen LogP contribution is -2.46. The van der Waals surface area contributed by atoms with E-state index in [1.165, 1.54) is 5.06 Å². The summed E-state index contributed by atoms with van der Waals surface area (Å²) < 4.78 is 145. The second-order valence-corrected chi connectivity index (χ2v) is 20.2. The van der Waals surface area contributed by atoms with Gasteiger partial charge in [0.2, 0.25) is 23.3 Å². The third-order valence-corrected chi connectivity index (χ3v) is 13.4. The van der Waals surface area contributed by atoms with Gasteiger partial charge in [0.05, 0.1) is 151 Å². The average Bonchev–Trinajstić information content (AvgIpc) is 1.29. The van der Waals surface area contributed by atoms with Crippen molar-refractivity contribution < 1.29 is 107 Å². The van der Waals surface area contributed by atoms with Crippen LogP contribution in [0.2, 0.25) is 0 Å². The molecule has 1 fully saturated rings. The Morgan fingerprint density at radius 3 is 1.63 bits per heavy atom. The second kappa shape index (κ2) is 39.0. The van der Waals surface area contributed by atoms with Crippen molar-refractivity contribution in [2.45, 2.75) is 56.9 Å². The van der Waals surface area contributed by atoms with Gasteiger partial charge in [-0.2, -0.15) is 17.2 Å². The van der Waals surface area contributed by atoms with E-state index >= 15 is 0 Å². The number of carbonyl (C=O) groups is 4. The Hall–Kier alpha value is -6.06. The first-order chi connectivity index (χ1) is 41.5. The SMILES string of the molecule is CCCN(OCC)C(=O)C1=Cc2ccc(-c3ccc(C(=O)N4CCC[C@@H]4C(=O)NCCOCCOCCOCCOCCOCCOCCOCCOCCOCCOCCC(=O)Oc4c(F)c(F)c(S(=O)(=O)O)c(F)c4F)cc3)cc2N=C(N)C1. The minimum atomic E-state index is -5.65. The Kier molecular flexibility index (Phi) is 32.0. The van der Waals surface area contributed by atoms with E-state index in [-0.39, 0.29) is 70.3 Å². The number of amides is 3. The zero-order valence-electron chi connectivity index (χ0n) is 48.3. The fourth-order valence-corrected chi connectivity index (χ4v) is 9.01. The highest BCUT2D eigenvalue weighted by molar-refractivity contribution is 7.85. The third kappa shape index (κ3) is 23.9. The lowest BCUT2D eigenvalue weighted by Gasteiger charge is -2.24. The van der Waals surface area contributed by atoms with Crippen LogP contribution in [0.1, 0.15) is 61.9 Å². The molecule has 24 nitrogen and oxygen atoms in total. The molecule has 2 aliphatic rings. The van der Waals surface area contributed by atoms with Crippen molar-refractivity contribution >= 4 is 51.4 Å². The number of nitrogens with one attached hydrogen (secondary N) is 1. The van der Waals surface area contributed by atoms with E-state index in [2.05, 4.69) is 15.0 Å². The van der Waals surface area contributed by atoms with Gasteiger partial charge in [0.15, 0.2) is 16.5 Å². The van der Waals surface area contributed by atoms with Gasteiger partial charge in [0.1, 0.15) is 11.9 Å². The second-order valence-electron chi connectivity index (χ2n) is 18.8. The van der Waals surface area contributed by atoms with Gasteiger partial charge < -0.3 is 68.1 Å². The number of aliphatic imine (C=N–C) groups is 1. The molecule has 3 aromatic carbocycles. The molecule has 0 aromatic heterocycles. The minimum Gasteiger partial charge on any atom is -0.420 e. The van der Waals surface area contributed by atoms with Gasteiger partial charge in [-0.15, -0.1) is 0 Å². The molecule has 0 radical (unpaired) electrons. The van der Waals surface area contributed by atoms with E-state index in [0.717, 1.165) is 23.1 Å². The van der Waals surface area contributed by atoms with Gasteiger partial charge >= 0.3 is 16.1 Å². The van der Waals surface area contributed by atoms with Crippen molar-refractivity contribution in [2.75, 3.05) is 158 Å². The van der Waals surface area contributed by atoms with Gasteiger partial charge in [-0.25, -0.2) is 18.8 Å². The minimum absolute atomic E-state index is 0.0137. The highest BCUT2D eigenvalue weighted by Gasteiger charge is 2.36. The van der Waals surface area contributed by atoms with Crippen molar-refractivity contribution in [1.29, 1.82) is 0 Å². The number of carbonyl (C=O) groups excluding carboxylic acids is 4. The quantitative estimate of drug-likeness (QED) is 0.0128. The molecule has 0 saturated carbocycles. The molecule has 86 heavy (non-hydrogen) atoms. The van der Waals surface area contributed by atoms with Crippen LogP contribution in [0.15, 0.2) is 57.9 Å². The predicted octanol–water partition coefficient (Wildman–Crippen LogP) is 5.01. The zero-order chi connectivity index (χ0) is 62.1. The van der Waals surface area contributed by atoms with Crippen LogP contribution in [0.5, 0.6) is 5.75 Å². The number of hydrogen-bond donors (Lipinski definition) is 3. The maximum atomic E-state index is 14.0. The summed E-state index contributed by atoms with van der Waals surface area (Å²) in [6, 6.07) is 12.4. The Morgan fingerprint density at radius 2 is 1.15 bits per heavy atom. The van der Waals surface area contributed by atoms with Gasteiger partial charge in [-0.3, -0.25) is 28.6 Å². The molecule has 2 aliphatic heterocycles. The number of fused-ring (bicyclic) bond motifs is 1. The average molecular weight is 1240 g/mol. The monoisotopic (exact) mass is 1240 g/mol. The largest absolute Gasteiger partial charge is 0.420 e. The fraction of sp³-hybridized carbons (Fsp3) is 0.561. The molecular formula is C57H77F4N5O19S. The summed E-state index contributed by atoms with van der Waals surface area (Å²) in [5.41, 5.74) is 10.4. The number of esters is 1. The van der Waals surface area contributed by atoms with E-state index in [9.17, 15) is 45.2 Å². The predicted molar refractivity (Wildman–Crippen MR) is 301 cm³/mol. The summed E-state index contributed by atoms with van der Waals surface area (Å²) >= 11 is 0. The van der Waals surface area contributed by atoms with E-state index in [1.54, 1.807) is 23.1 Å². The highest BCUT2D eigenvalue weighted by atomic mass is 32.2. The molecule has 29 heteroatoms. The number of likely N-dealkylation sites (tertiary alicyclic amines) is 1. The summed E-state index contributed by atoms with van der Waals surface area (Å²) in [6.45, 7) is 11.1. The van der Waals surface area contributed by atoms with E-state index in [4.69, 9.17) is 62.5 Å². The van der Waals surface area contributed by atoms with Crippen molar-refractivity contribution in [2.24, 2.45) is 10.7 Å². The summed E-state index contributed by atoms with van der Waals surface area (Å²) in [4.78, 5) is 61.5. The zero-order valence-corrected chi connectivity index (χ0v) is 49.2. The number of nitrogens with zero attached hydrogens (tertiary/aromatic N) is 3. The number of benzene rings is 3. The van der Waals surface area contributed by atoms with Crippen LogP contribution in [0.4, 0.5) is 23.2 Å². The normalized spacial score (nSPS) is 14.2. The molecule has 4 N–H and O–H groups in total. The Bertz CT molecular complexity index is 2770. The first-order valence-electron chi connectivity index (χ1n) is 28.2. The number of hydrogen-bond acceptors (Lipinski definition) is 20. The van der Waals surface area contributed by atoms with Crippen molar-refractivity contribution in [1.82, 2.24) is 15.3 Å². The molecule has 1 atom stereocenters. The first-order valence-corrected chi connectivity index (χ1v) is 29.6. The summed E-state index contributed by atoms with van der Waals surface area (Å²) in [6.07, 6.45) is 3.44. The summed E-state index contributed by atoms with van der Waals surface area (Å²) in [5.74, 6) is -13.1. The fourth-order valence-electron chi connectivity index (χ4n) is 8.38. The molecule has 0 unspecified atom stereocenters. The lowest BCUT2D eigenvalue weighted by atomic mass is 9.99. The summed E-state index contributed by atoms with van der Waals surface area (Å²) in [5, 5.41) is 4.27. The van der Waals surface area contributed by atoms with Gasteiger partial charge in [0.25, 0.3) is 11.8 Å². The molecule has 5 rings (SSSR count). The molecule has 0 spiro atoms. The molecule has 478 valence electrons. The molecule has 0 aliphatic carbocycles. The van der Waals surface area contributed by atoms with Crippen LogP contribution in [-0.4, -0.2) is 217 Å². The van der Waals surface area contributed by atoms with Crippen LogP contribution < -0.4 is 15.8 Å². The Balaban J connectivity index is 0.766. The van der Waals surface area contributed by atoms with Gasteiger partial charge in [0, 0.05) is 42.8 Å². The van der Waals surface area contributed by atoms with Crippen LogP contribution >= 0.6 is 0 Å². The molecule has 3 amide bonds. The molecule has 1 saturated heterocycles. The van der Waals surface area contributed by atoms with Crippen LogP contribution in [-0.2, 0) is 76.7 Å². The highest BCUT2D eigenvalue weighted by Crippen LogP contribution is 2.34.